The van der Waals surface area contributed by atoms with Crippen LogP contribution in [0.4, 0.5) is 0 Å². The summed E-state index contributed by atoms with van der Waals surface area (Å²) in [7, 11) is 2.02. The van der Waals surface area contributed by atoms with E-state index in [1.54, 1.807) is 0 Å². The first-order chi connectivity index (χ1) is 10.2. The van der Waals surface area contributed by atoms with Crippen molar-refractivity contribution in [2.45, 2.75) is 38.3 Å². The Morgan fingerprint density at radius 3 is 2.76 bits per heavy atom. The van der Waals surface area contributed by atoms with Crippen molar-refractivity contribution in [1.29, 1.82) is 0 Å². The largest absolute Gasteiger partial charge is 0.378 e. The van der Waals surface area contributed by atoms with E-state index in [-0.39, 0.29) is 0 Å². The maximum Gasteiger partial charge on any atom is 0.0599 e. The number of hydrogen-bond acceptors (Lipinski definition) is 3. The summed E-state index contributed by atoms with van der Waals surface area (Å²) in [5.74, 6) is 0. The second kappa shape index (κ2) is 8.74. The average molecular weight is 311 g/mol. The number of rotatable bonds is 7. The van der Waals surface area contributed by atoms with Gasteiger partial charge in [0.2, 0.25) is 0 Å². The molecule has 1 N–H and O–H groups in total. The number of nitrogens with one attached hydrogen (secondary N) is 1. The van der Waals surface area contributed by atoms with Crippen LogP contribution in [0.2, 0.25) is 5.02 Å². The van der Waals surface area contributed by atoms with Gasteiger partial charge in [0, 0.05) is 30.8 Å². The third kappa shape index (κ3) is 5.26. The first-order valence-electron chi connectivity index (χ1n) is 7.99. The van der Waals surface area contributed by atoms with Gasteiger partial charge in [-0.15, -0.1) is 0 Å². The van der Waals surface area contributed by atoms with Gasteiger partial charge in [-0.1, -0.05) is 23.7 Å². The topological polar surface area (TPSA) is 24.5 Å². The van der Waals surface area contributed by atoms with Gasteiger partial charge >= 0.3 is 0 Å². The monoisotopic (exact) mass is 310 g/mol. The number of piperidine rings is 1. The molecule has 0 amide bonds. The third-order valence-corrected chi connectivity index (χ3v) is 4.51. The molecule has 0 saturated carbocycles. The Bertz CT molecular complexity index is 419. The molecule has 1 unspecified atom stereocenters. The lowest BCUT2D eigenvalue weighted by Gasteiger charge is -2.32. The van der Waals surface area contributed by atoms with Crippen molar-refractivity contribution in [3.05, 3.63) is 34.9 Å². The number of hydrogen-bond donors (Lipinski definition) is 1. The molecule has 1 aromatic rings. The van der Waals surface area contributed by atoms with Crippen molar-refractivity contribution in [3.63, 3.8) is 0 Å². The first-order valence-corrected chi connectivity index (χ1v) is 8.37. The molecular weight excluding hydrogens is 284 g/mol. The van der Waals surface area contributed by atoms with E-state index in [1.807, 2.05) is 19.2 Å². The highest BCUT2D eigenvalue weighted by Crippen LogP contribution is 2.21. The van der Waals surface area contributed by atoms with E-state index in [1.165, 1.54) is 5.56 Å². The molecule has 1 atom stereocenters. The quantitative estimate of drug-likeness (QED) is 0.834. The maximum absolute atomic E-state index is 6.09. The molecule has 4 heteroatoms. The molecule has 1 saturated heterocycles. The highest BCUT2D eigenvalue weighted by Gasteiger charge is 2.20. The fourth-order valence-electron chi connectivity index (χ4n) is 3.05. The number of benzene rings is 1. The smallest absolute Gasteiger partial charge is 0.0599 e. The van der Waals surface area contributed by atoms with Crippen LogP contribution >= 0.6 is 11.6 Å². The van der Waals surface area contributed by atoms with Gasteiger partial charge in [0.1, 0.15) is 0 Å². The van der Waals surface area contributed by atoms with Crippen molar-refractivity contribution in [2.75, 3.05) is 33.3 Å². The second-order valence-electron chi connectivity index (χ2n) is 5.68. The molecule has 0 bridgehead atoms. The molecule has 0 radical (unpaired) electrons. The molecule has 0 spiro atoms. The van der Waals surface area contributed by atoms with E-state index in [0.717, 1.165) is 50.5 Å². The van der Waals surface area contributed by atoms with Crippen molar-refractivity contribution >= 4 is 11.6 Å². The lowest BCUT2D eigenvalue weighted by atomic mass is 10.0. The minimum atomic E-state index is 0.369. The van der Waals surface area contributed by atoms with Crippen LogP contribution in [-0.4, -0.2) is 44.3 Å². The lowest BCUT2D eigenvalue weighted by molar-refractivity contribution is 0.0136. The third-order valence-electron chi connectivity index (χ3n) is 4.27. The molecule has 0 aromatic heterocycles. The molecule has 1 heterocycles. The zero-order valence-electron chi connectivity index (χ0n) is 13.1. The first kappa shape index (κ1) is 16.8. The van der Waals surface area contributed by atoms with Crippen LogP contribution in [0.5, 0.6) is 0 Å². The van der Waals surface area contributed by atoms with Gasteiger partial charge in [-0.3, -0.25) is 0 Å². The van der Waals surface area contributed by atoms with Crippen LogP contribution in [0.15, 0.2) is 24.3 Å². The maximum atomic E-state index is 6.09. The number of halogens is 1. The molecule has 21 heavy (non-hydrogen) atoms. The van der Waals surface area contributed by atoms with Crippen LogP contribution in [0, 0.1) is 0 Å². The Hall–Kier alpha value is -0.610. The molecule has 1 aliphatic heterocycles. The van der Waals surface area contributed by atoms with E-state index in [0.29, 0.717) is 12.1 Å². The molecule has 0 aliphatic carbocycles. The summed E-state index contributed by atoms with van der Waals surface area (Å²) >= 11 is 6.09. The molecule has 2 rings (SSSR count). The van der Waals surface area contributed by atoms with Crippen molar-refractivity contribution < 1.29 is 4.74 Å². The molecule has 118 valence electrons. The second-order valence-corrected chi connectivity index (χ2v) is 6.12. The SMILES string of the molecule is CCOC1CCN(CCC(NC)c2cccc(Cl)c2)CC1. The van der Waals surface area contributed by atoms with Gasteiger partial charge < -0.3 is 15.0 Å². The van der Waals surface area contributed by atoms with Crippen LogP contribution in [0.1, 0.15) is 37.8 Å². The van der Waals surface area contributed by atoms with Crippen LogP contribution in [0.25, 0.3) is 0 Å². The highest BCUT2D eigenvalue weighted by molar-refractivity contribution is 6.30. The minimum Gasteiger partial charge on any atom is -0.378 e. The molecule has 1 aliphatic rings. The summed E-state index contributed by atoms with van der Waals surface area (Å²) < 4.78 is 5.71. The van der Waals surface area contributed by atoms with Gasteiger partial charge in [0.15, 0.2) is 0 Å². The normalized spacial score (nSPS) is 18.8. The predicted octanol–water partition coefficient (Wildman–Crippen LogP) is 3.49. The van der Waals surface area contributed by atoms with Crippen molar-refractivity contribution in [3.8, 4) is 0 Å². The van der Waals surface area contributed by atoms with Crippen molar-refractivity contribution in [2.24, 2.45) is 0 Å². The van der Waals surface area contributed by atoms with Crippen LogP contribution < -0.4 is 5.32 Å². The summed E-state index contributed by atoms with van der Waals surface area (Å²) in [5, 5.41) is 4.21. The summed E-state index contributed by atoms with van der Waals surface area (Å²) in [6.07, 6.45) is 3.90. The fourth-order valence-corrected chi connectivity index (χ4v) is 3.25. The Morgan fingerprint density at radius 2 is 2.14 bits per heavy atom. The van der Waals surface area contributed by atoms with Gasteiger partial charge in [-0.25, -0.2) is 0 Å². The standard InChI is InChI=1S/C17H27ClN2O/c1-3-21-16-7-10-20(11-8-16)12-9-17(19-2)14-5-4-6-15(18)13-14/h4-6,13,16-17,19H,3,7-12H2,1-2H3. The van der Waals surface area contributed by atoms with E-state index < -0.39 is 0 Å². The Kier molecular flexibility index (Phi) is 6.97. The Morgan fingerprint density at radius 1 is 1.38 bits per heavy atom. The fraction of sp³-hybridized carbons (Fsp3) is 0.647. The zero-order valence-corrected chi connectivity index (χ0v) is 13.9. The van der Waals surface area contributed by atoms with E-state index >= 15 is 0 Å². The molecule has 1 aromatic carbocycles. The minimum absolute atomic E-state index is 0.369. The van der Waals surface area contributed by atoms with Gasteiger partial charge in [-0.05, 0) is 57.5 Å². The number of ether oxygens (including phenoxy) is 1. The van der Waals surface area contributed by atoms with Gasteiger partial charge in [-0.2, -0.15) is 0 Å². The van der Waals surface area contributed by atoms with E-state index in [4.69, 9.17) is 16.3 Å². The molecular formula is C17H27ClN2O. The van der Waals surface area contributed by atoms with Crippen LogP contribution in [0.3, 0.4) is 0 Å². The van der Waals surface area contributed by atoms with Gasteiger partial charge in [0.25, 0.3) is 0 Å². The lowest BCUT2D eigenvalue weighted by Crippen LogP contribution is -2.38. The summed E-state index contributed by atoms with van der Waals surface area (Å²) in [4.78, 5) is 2.55. The Labute approximate surface area is 133 Å². The van der Waals surface area contributed by atoms with E-state index in [2.05, 4.69) is 29.3 Å². The summed E-state index contributed by atoms with van der Waals surface area (Å²) in [5.41, 5.74) is 1.27. The van der Waals surface area contributed by atoms with Crippen molar-refractivity contribution in [1.82, 2.24) is 10.2 Å². The molecule has 1 fully saturated rings. The summed E-state index contributed by atoms with van der Waals surface area (Å²) in [6, 6.07) is 8.53. The Balaban J connectivity index is 1.79. The highest BCUT2D eigenvalue weighted by atomic mass is 35.5. The predicted molar refractivity (Wildman–Crippen MR) is 89.0 cm³/mol. The number of nitrogens with zero attached hydrogens (tertiary/aromatic N) is 1. The summed E-state index contributed by atoms with van der Waals surface area (Å²) in [6.45, 7) is 6.33. The van der Waals surface area contributed by atoms with Crippen LogP contribution in [-0.2, 0) is 4.74 Å². The molecule has 3 nitrogen and oxygen atoms in total. The van der Waals surface area contributed by atoms with E-state index in [9.17, 15) is 0 Å². The average Bonchev–Trinajstić information content (AvgIpc) is 2.50. The van der Waals surface area contributed by atoms with Gasteiger partial charge in [0.05, 0.1) is 6.10 Å². The zero-order chi connectivity index (χ0) is 15.1. The number of likely N-dealkylation sites (tertiary alicyclic amines) is 1.